The largest absolute Gasteiger partial charge is 0.496 e. The highest BCUT2D eigenvalue weighted by Gasteiger charge is 2.51. The van der Waals surface area contributed by atoms with Crippen LogP contribution in [-0.2, 0) is 0 Å². The third-order valence-electron chi connectivity index (χ3n) is 6.97. The van der Waals surface area contributed by atoms with Crippen molar-refractivity contribution in [2.45, 2.75) is 46.1 Å². The zero-order valence-electron chi connectivity index (χ0n) is 18.5. The third kappa shape index (κ3) is 3.54. The summed E-state index contributed by atoms with van der Waals surface area (Å²) in [7, 11) is 1.63. The molecule has 31 heavy (non-hydrogen) atoms. The summed E-state index contributed by atoms with van der Waals surface area (Å²) in [6.45, 7) is 7.77. The van der Waals surface area contributed by atoms with E-state index in [0.29, 0.717) is 16.3 Å². The number of hydrogen-bond acceptors (Lipinski definition) is 3. The summed E-state index contributed by atoms with van der Waals surface area (Å²) in [5.41, 5.74) is 2.99. The second-order valence-electron chi connectivity index (χ2n) is 10.3. The van der Waals surface area contributed by atoms with Crippen LogP contribution >= 0.6 is 22.9 Å². The maximum atomic E-state index is 13.7. The number of likely N-dealkylation sites (tertiary alicyclic amines) is 1. The number of carbonyl (C=O) groups is 1. The van der Waals surface area contributed by atoms with Gasteiger partial charge in [-0.05, 0) is 53.7 Å². The van der Waals surface area contributed by atoms with Crippen LogP contribution in [0.2, 0.25) is 5.02 Å². The molecule has 1 saturated heterocycles. The summed E-state index contributed by atoms with van der Waals surface area (Å²) in [6, 6.07) is 12.3. The van der Waals surface area contributed by atoms with Gasteiger partial charge in [-0.15, -0.1) is 11.3 Å². The zero-order chi connectivity index (χ0) is 22.0. The topological polar surface area (TPSA) is 29.5 Å². The Morgan fingerprint density at radius 3 is 2.71 bits per heavy atom. The third-order valence-corrected chi connectivity index (χ3v) is 8.24. The number of hydrogen-bond donors (Lipinski definition) is 0. The lowest BCUT2D eigenvalue weighted by molar-refractivity contribution is 0.0705. The van der Waals surface area contributed by atoms with Crippen molar-refractivity contribution in [2.24, 2.45) is 10.8 Å². The van der Waals surface area contributed by atoms with E-state index in [4.69, 9.17) is 16.3 Å². The van der Waals surface area contributed by atoms with Crippen LogP contribution in [0.25, 0.3) is 21.2 Å². The lowest BCUT2D eigenvalue weighted by Gasteiger charge is -2.39. The number of thiophene rings is 1. The van der Waals surface area contributed by atoms with Gasteiger partial charge in [0.05, 0.1) is 12.7 Å². The number of nitrogens with zero attached hydrogens (tertiary/aromatic N) is 1. The molecule has 1 aliphatic carbocycles. The molecule has 2 heterocycles. The molecule has 2 bridgehead atoms. The van der Waals surface area contributed by atoms with Gasteiger partial charge in [0.15, 0.2) is 0 Å². The van der Waals surface area contributed by atoms with Crippen LogP contribution in [0.3, 0.4) is 0 Å². The molecule has 2 fully saturated rings. The van der Waals surface area contributed by atoms with Crippen LogP contribution in [0.4, 0.5) is 0 Å². The Morgan fingerprint density at radius 2 is 1.94 bits per heavy atom. The molecule has 1 aromatic heterocycles. The molecule has 5 rings (SSSR count). The highest BCUT2D eigenvalue weighted by Crippen LogP contribution is 2.53. The van der Waals surface area contributed by atoms with E-state index in [1.165, 1.54) is 10.1 Å². The molecular formula is C26H28ClNO2S. The molecule has 5 heteroatoms. The minimum absolute atomic E-state index is 0.0342. The van der Waals surface area contributed by atoms with Gasteiger partial charge >= 0.3 is 0 Å². The van der Waals surface area contributed by atoms with Crippen molar-refractivity contribution in [3.05, 3.63) is 52.4 Å². The van der Waals surface area contributed by atoms with E-state index in [1.807, 2.05) is 18.2 Å². The Morgan fingerprint density at radius 1 is 1.16 bits per heavy atom. The molecule has 1 aliphatic heterocycles. The monoisotopic (exact) mass is 453 g/mol. The van der Waals surface area contributed by atoms with Crippen LogP contribution in [-0.4, -0.2) is 30.5 Å². The number of fused-ring (bicyclic) bond motifs is 3. The predicted molar refractivity (Wildman–Crippen MR) is 129 cm³/mol. The summed E-state index contributed by atoms with van der Waals surface area (Å²) in [6.07, 6.45) is 3.28. The van der Waals surface area contributed by atoms with Gasteiger partial charge in [0, 0.05) is 38.8 Å². The molecule has 0 unspecified atom stereocenters. The van der Waals surface area contributed by atoms with Crippen molar-refractivity contribution in [1.82, 2.24) is 4.90 Å². The molecule has 2 aliphatic rings. The number of benzene rings is 2. The molecule has 0 radical (unpaired) electrons. The molecule has 3 aromatic rings. The Hall–Kier alpha value is -2.04. The zero-order valence-corrected chi connectivity index (χ0v) is 20.1. The first kappa shape index (κ1) is 20.8. The standard InChI is InChI=1S/C26H28ClNO2S/c1-25(2)11-16-12-26(3,14-25)15-28(16)24(29)19-9-21(27)18(10-22(19)30-4)20-13-31-23-8-6-5-7-17(20)23/h5-10,13,16H,11-12,14-15H2,1-4H3/t16-,26-/m1/s1. The minimum atomic E-state index is 0.0342. The van der Waals surface area contributed by atoms with E-state index in [9.17, 15) is 4.79 Å². The highest BCUT2D eigenvalue weighted by molar-refractivity contribution is 7.17. The van der Waals surface area contributed by atoms with Crippen LogP contribution in [0, 0.1) is 10.8 Å². The molecule has 1 saturated carbocycles. The molecular weight excluding hydrogens is 426 g/mol. The SMILES string of the molecule is COc1cc(-c2csc3ccccc23)c(Cl)cc1C(=O)N1C[C@]2(C)C[C@H]1CC(C)(C)C2. The number of halogens is 1. The fourth-order valence-corrected chi connectivity index (χ4v) is 7.36. The number of amides is 1. The summed E-state index contributed by atoms with van der Waals surface area (Å²) in [5, 5.41) is 3.87. The van der Waals surface area contributed by atoms with Crippen molar-refractivity contribution < 1.29 is 9.53 Å². The van der Waals surface area contributed by atoms with Crippen molar-refractivity contribution in [3.63, 3.8) is 0 Å². The number of rotatable bonds is 3. The smallest absolute Gasteiger partial charge is 0.257 e. The van der Waals surface area contributed by atoms with E-state index in [-0.39, 0.29) is 22.8 Å². The average molecular weight is 454 g/mol. The average Bonchev–Trinajstić information content (AvgIpc) is 3.24. The fourth-order valence-electron chi connectivity index (χ4n) is 6.13. The first-order valence-electron chi connectivity index (χ1n) is 10.8. The van der Waals surface area contributed by atoms with Gasteiger partial charge in [-0.25, -0.2) is 0 Å². The Bertz CT molecular complexity index is 1180. The summed E-state index contributed by atoms with van der Waals surface area (Å²) in [5.74, 6) is 0.623. The molecule has 3 nitrogen and oxygen atoms in total. The van der Waals surface area contributed by atoms with Gasteiger partial charge in [-0.3, -0.25) is 4.79 Å². The van der Waals surface area contributed by atoms with E-state index >= 15 is 0 Å². The van der Waals surface area contributed by atoms with Crippen LogP contribution < -0.4 is 4.74 Å². The fraction of sp³-hybridized carbons (Fsp3) is 0.423. The Kier molecular flexibility index (Phi) is 4.87. The van der Waals surface area contributed by atoms with Crippen LogP contribution in [0.5, 0.6) is 5.75 Å². The second kappa shape index (κ2) is 7.25. The normalized spacial score (nSPS) is 24.5. The number of carbonyl (C=O) groups excluding carboxylic acids is 1. The lowest BCUT2D eigenvalue weighted by Crippen LogP contribution is -2.37. The van der Waals surface area contributed by atoms with Gasteiger partial charge in [-0.2, -0.15) is 0 Å². The summed E-state index contributed by atoms with van der Waals surface area (Å²) < 4.78 is 6.92. The van der Waals surface area contributed by atoms with Crippen molar-refractivity contribution in [2.75, 3.05) is 13.7 Å². The number of ether oxygens (including phenoxy) is 1. The first-order chi connectivity index (χ1) is 14.7. The first-order valence-corrected chi connectivity index (χ1v) is 12.1. The van der Waals surface area contributed by atoms with Gasteiger partial charge in [-0.1, -0.05) is 50.6 Å². The summed E-state index contributed by atoms with van der Waals surface area (Å²) >= 11 is 8.46. The molecule has 0 N–H and O–H groups in total. The maximum absolute atomic E-state index is 13.7. The van der Waals surface area contributed by atoms with E-state index in [1.54, 1.807) is 24.5 Å². The van der Waals surface area contributed by atoms with Crippen LogP contribution in [0.1, 0.15) is 50.4 Å². The Labute approximate surface area is 193 Å². The molecule has 162 valence electrons. The maximum Gasteiger partial charge on any atom is 0.257 e. The number of methoxy groups -OCH3 is 1. The van der Waals surface area contributed by atoms with Crippen molar-refractivity contribution in [1.29, 1.82) is 0 Å². The quantitative estimate of drug-likeness (QED) is 0.417. The second-order valence-corrected chi connectivity index (χ2v) is 11.6. The molecule has 0 spiro atoms. The molecule has 1 amide bonds. The van der Waals surface area contributed by atoms with Gasteiger partial charge in [0.2, 0.25) is 0 Å². The van der Waals surface area contributed by atoms with E-state index < -0.39 is 0 Å². The minimum Gasteiger partial charge on any atom is -0.496 e. The van der Waals surface area contributed by atoms with Gasteiger partial charge < -0.3 is 9.64 Å². The van der Waals surface area contributed by atoms with Crippen molar-refractivity contribution >= 4 is 38.9 Å². The van der Waals surface area contributed by atoms with E-state index in [0.717, 1.165) is 36.9 Å². The highest BCUT2D eigenvalue weighted by atomic mass is 35.5. The molecule has 2 aromatic carbocycles. The van der Waals surface area contributed by atoms with Gasteiger partial charge in [0.1, 0.15) is 5.75 Å². The predicted octanol–water partition coefficient (Wildman–Crippen LogP) is 7.27. The van der Waals surface area contributed by atoms with Crippen molar-refractivity contribution in [3.8, 4) is 16.9 Å². The lowest BCUT2D eigenvalue weighted by atomic mass is 9.65. The van der Waals surface area contributed by atoms with E-state index in [2.05, 4.69) is 43.2 Å². The summed E-state index contributed by atoms with van der Waals surface area (Å²) in [4.78, 5) is 15.7. The van der Waals surface area contributed by atoms with Gasteiger partial charge in [0.25, 0.3) is 5.91 Å². The Balaban J connectivity index is 1.54. The van der Waals surface area contributed by atoms with Crippen LogP contribution in [0.15, 0.2) is 41.8 Å². The molecule has 2 atom stereocenters.